The maximum absolute atomic E-state index is 12.1. The van der Waals surface area contributed by atoms with Crippen molar-refractivity contribution in [3.8, 4) is 0 Å². The van der Waals surface area contributed by atoms with E-state index in [9.17, 15) is 36.0 Å². The number of nitrogens with zero attached hydrogens (tertiary/aromatic N) is 2. The van der Waals surface area contributed by atoms with E-state index in [1.807, 2.05) is 0 Å². The number of fused-ring (bicyclic) bond motifs is 2. The molecule has 17 heteroatoms. The average molecular weight is 449 g/mol. The van der Waals surface area contributed by atoms with Crippen LogP contribution in [0.1, 0.15) is 19.8 Å². The number of hydrogen-bond acceptors (Lipinski definition) is 8. The highest BCUT2D eigenvalue weighted by Crippen LogP contribution is 2.30. The molecule has 0 aromatic heterocycles. The van der Waals surface area contributed by atoms with E-state index in [-0.39, 0.29) is 19.4 Å². The largest absolute Gasteiger partial charge is 0.446 e. The lowest BCUT2D eigenvalue weighted by molar-refractivity contribution is -0.156. The van der Waals surface area contributed by atoms with Crippen molar-refractivity contribution >= 4 is 34.5 Å². The third-order valence-electron chi connectivity index (χ3n) is 3.66. The van der Waals surface area contributed by atoms with Gasteiger partial charge in [0.2, 0.25) is 6.29 Å². The Kier molecular flexibility index (Phi) is 7.90. The molecule has 0 aromatic carbocycles. The molecule has 0 aromatic rings. The van der Waals surface area contributed by atoms with Crippen LogP contribution in [-0.4, -0.2) is 77.9 Å². The Hall–Kier alpha value is -2.50. The Labute approximate surface area is 162 Å². The number of urea groups is 1. The summed E-state index contributed by atoms with van der Waals surface area (Å²) in [5.41, 5.74) is 9.61. The first-order chi connectivity index (χ1) is 13.2. The number of hydroxylamine groups is 2. The predicted octanol–water partition coefficient (Wildman–Crippen LogP) is -1.77. The molecule has 2 rings (SSSR count). The van der Waals surface area contributed by atoms with Crippen molar-refractivity contribution in [2.24, 2.45) is 5.73 Å². The summed E-state index contributed by atoms with van der Waals surface area (Å²) in [4.78, 5) is 45.3. The van der Waals surface area contributed by atoms with E-state index in [4.69, 9.17) is 15.1 Å². The molecule has 4 amide bonds. The molecule has 0 saturated carbocycles. The minimum Gasteiger partial charge on any atom is -0.320 e. The van der Waals surface area contributed by atoms with Crippen LogP contribution in [-0.2, 0) is 29.1 Å². The van der Waals surface area contributed by atoms with Crippen LogP contribution in [0.4, 0.5) is 18.0 Å². The van der Waals surface area contributed by atoms with Gasteiger partial charge in [-0.15, -0.1) is 4.28 Å². The van der Waals surface area contributed by atoms with E-state index in [0.717, 1.165) is 4.90 Å². The van der Waals surface area contributed by atoms with E-state index in [0.29, 0.717) is 5.06 Å². The van der Waals surface area contributed by atoms with Gasteiger partial charge in [-0.3, -0.25) is 29.8 Å². The zero-order chi connectivity index (χ0) is 22.6. The van der Waals surface area contributed by atoms with Crippen molar-refractivity contribution in [2.75, 3.05) is 6.54 Å². The number of amides is 4. The quantitative estimate of drug-likeness (QED) is 0.219. The molecule has 0 aliphatic carbocycles. The number of piperidine rings is 1. The zero-order valence-electron chi connectivity index (χ0n) is 14.7. The Morgan fingerprint density at radius 1 is 1.34 bits per heavy atom. The average Bonchev–Trinajstić information content (AvgIpc) is 2.82. The van der Waals surface area contributed by atoms with Crippen LogP contribution in [0.2, 0.25) is 0 Å². The molecular formula is C12H18F3N5O8S. The number of nitrogens with one attached hydrogen (secondary N) is 2. The predicted molar refractivity (Wildman–Crippen MR) is 85.4 cm³/mol. The van der Waals surface area contributed by atoms with Crippen molar-refractivity contribution in [3.63, 3.8) is 0 Å². The van der Waals surface area contributed by atoms with Gasteiger partial charge in [-0.05, 0) is 19.8 Å². The van der Waals surface area contributed by atoms with Gasteiger partial charge >= 0.3 is 22.6 Å². The van der Waals surface area contributed by atoms with Crippen molar-refractivity contribution in [1.82, 2.24) is 20.8 Å². The number of carbonyl (C=O) groups is 4. The van der Waals surface area contributed by atoms with Crippen LogP contribution < -0.4 is 16.6 Å². The first-order valence-corrected chi connectivity index (χ1v) is 9.18. The number of aldehydes is 1. The second-order valence-electron chi connectivity index (χ2n) is 5.94. The lowest BCUT2D eigenvalue weighted by Crippen LogP contribution is -2.56. The van der Waals surface area contributed by atoms with Gasteiger partial charge < -0.3 is 10.6 Å². The number of carbonyl (C=O) groups excluding carboxylic acids is 4. The van der Waals surface area contributed by atoms with Crippen LogP contribution in [0.5, 0.6) is 0 Å². The van der Waals surface area contributed by atoms with Gasteiger partial charge in [0.15, 0.2) is 0 Å². The summed E-state index contributed by atoms with van der Waals surface area (Å²) < 4.78 is 65.7. The Bertz CT molecular complexity index is 759. The van der Waals surface area contributed by atoms with Gasteiger partial charge in [0.05, 0.1) is 12.1 Å². The number of nitrogens with two attached hydrogens (primary N) is 1. The van der Waals surface area contributed by atoms with Gasteiger partial charge in [0, 0.05) is 6.54 Å². The molecule has 29 heavy (non-hydrogen) atoms. The summed E-state index contributed by atoms with van der Waals surface area (Å²) in [7, 11) is -4.84. The van der Waals surface area contributed by atoms with Crippen LogP contribution in [0, 0.1) is 0 Å². The molecule has 13 nitrogen and oxygen atoms in total. The molecule has 5 N–H and O–H groups in total. The monoisotopic (exact) mass is 449 g/mol. The fourth-order valence-electron chi connectivity index (χ4n) is 2.42. The van der Waals surface area contributed by atoms with Crippen LogP contribution in [0.25, 0.3) is 0 Å². The topological polar surface area (TPSA) is 188 Å². The van der Waals surface area contributed by atoms with Crippen molar-refractivity contribution in [1.29, 1.82) is 0 Å². The van der Waals surface area contributed by atoms with Gasteiger partial charge in [0.1, 0.15) is 6.04 Å². The molecule has 0 radical (unpaired) electrons. The maximum Gasteiger partial charge on any atom is 0.446 e. The molecule has 2 aliphatic heterocycles. The summed E-state index contributed by atoms with van der Waals surface area (Å²) in [5, 5.41) is 0.531. The van der Waals surface area contributed by atoms with Crippen LogP contribution in [0.15, 0.2) is 0 Å². The van der Waals surface area contributed by atoms with Crippen molar-refractivity contribution in [3.05, 3.63) is 0 Å². The lowest BCUT2D eigenvalue weighted by Gasteiger charge is -2.29. The van der Waals surface area contributed by atoms with Crippen molar-refractivity contribution in [2.45, 2.75) is 44.1 Å². The Morgan fingerprint density at radius 2 is 1.90 bits per heavy atom. The molecular weight excluding hydrogens is 431 g/mol. The minimum atomic E-state index is -4.84. The highest BCUT2D eigenvalue weighted by Gasteiger charge is 2.49. The maximum atomic E-state index is 12.1. The van der Waals surface area contributed by atoms with Crippen LogP contribution in [0.3, 0.4) is 0 Å². The molecule has 0 spiro atoms. The molecule has 2 aliphatic rings. The Morgan fingerprint density at radius 3 is 2.34 bits per heavy atom. The molecule has 2 bridgehead atoms. The van der Waals surface area contributed by atoms with Gasteiger partial charge in [0.25, 0.3) is 11.8 Å². The third-order valence-corrected chi connectivity index (χ3v) is 4.01. The number of hydrazine groups is 1. The van der Waals surface area contributed by atoms with E-state index in [1.54, 1.807) is 0 Å². The smallest absolute Gasteiger partial charge is 0.320 e. The van der Waals surface area contributed by atoms with E-state index >= 15 is 0 Å². The van der Waals surface area contributed by atoms with E-state index in [2.05, 4.69) is 15.1 Å². The molecule has 2 heterocycles. The molecule has 0 unspecified atom stereocenters. The number of hydrogen-bond donors (Lipinski definition) is 4. The van der Waals surface area contributed by atoms with E-state index < -0.39 is 58.8 Å². The standard InChI is InChI=1S/C10H17N5O7S.C2HF3O/c1-5(11)8(16)12-13-9(17)7-3-2-6-4-14(7)10(18)15(6)22-23(19,20)21;3-2(4,5)1-6/h5-7H,2-4,11H2,1H3,(H,12,16)(H,13,17)(H,19,20,21);1H/t5-,6-,7+;/m1./s1. The fourth-order valence-corrected chi connectivity index (χ4v) is 2.81. The molecule has 166 valence electrons. The van der Waals surface area contributed by atoms with E-state index in [1.165, 1.54) is 6.92 Å². The second-order valence-corrected chi connectivity index (χ2v) is 6.94. The number of alkyl halides is 3. The zero-order valence-corrected chi connectivity index (χ0v) is 15.6. The van der Waals surface area contributed by atoms with Crippen molar-refractivity contribution < 1.29 is 49.6 Å². The van der Waals surface area contributed by atoms with Gasteiger partial charge in [-0.2, -0.15) is 26.7 Å². The minimum absolute atomic E-state index is 0.0632. The second kappa shape index (κ2) is 9.33. The van der Waals surface area contributed by atoms with Crippen LogP contribution >= 0.6 is 0 Å². The SMILES string of the molecule is C[C@@H](N)C(=O)NNC(=O)[C@@H]1CC[C@@H]2CN1C(=O)N2OS(=O)(=O)O.O=CC(F)(F)F. The molecule has 3 atom stereocenters. The lowest BCUT2D eigenvalue weighted by atomic mass is 10.0. The van der Waals surface area contributed by atoms with Gasteiger partial charge in [-0.25, -0.2) is 4.79 Å². The first-order valence-electron chi connectivity index (χ1n) is 7.81. The number of halogens is 3. The summed E-state index contributed by atoms with van der Waals surface area (Å²) in [6.45, 7) is 1.49. The highest BCUT2D eigenvalue weighted by atomic mass is 32.3. The Balaban J connectivity index is 0.000000612. The highest BCUT2D eigenvalue weighted by molar-refractivity contribution is 7.80. The third kappa shape index (κ3) is 7.44. The van der Waals surface area contributed by atoms with Gasteiger partial charge in [-0.1, -0.05) is 0 Å². The summed E-state index contributed by atoms with van der Waals surface area (Å²) in [6, 6.07) is -3.17. The summed E-state index contributed by atoms with van der Waals surface area (Å²) >= 11 is 0. The summed E-state index contributed by atoms with van der Waals surface area (Å²) in [6.07, 6.45) is -5.17. The molecule has 2 saturated heterocycles. The molecule has 2 fully saturated rings. The fraction of sp³-hybridized carbons (Fsp3) is 0.667. The number of rotatable bonds is 4. The summed E-state index contributed by atoms with van der Waals surface area (Å²) in [5.74, 6) is -1.24. The first kappa shape index (κ1) is 24.5. The normalized spacial score (nSPS) is 22.3.